The number of nitrogens with one attached hydrogen (secondary N) is 2. The maximum Gasteiger partial charge on any atom is 0.243 e. The first-order valence-corrected chi connectivity index (χ1v) is 8.49. The van der Waals surface area contributed by atoms with E-state index in [0.717, 1.165) is 18.8 Å². The lowest BCUT2D eigenvalue weighted by Crippen LogP contribution is -2.50. The second kappa shape index (κ2) is 8.20. The van der Waals surface area contributed by atoms with E-state index in [1.165, 1.54) is 25.7 Å². The molecule has 1 amide bonds. The molecule has 0 aromatic carbocycles. The van der Waals surface area contributed by atoms with E-state index >= 15 is 0 Å². The number of aliphatic imine (C=N–C) groups is 1. The Morgan fingerprint density at radius 2 is 1.86 bits per heavy atom. The molecule has 2 rings (SSSR count). The van der Waals surface area contributed by atoms with Crippen LogP contribution in [0.3, 0.4) is 0 Å². The lowest BCUT2D eigenvalue weighted by Gasteiger charge is -2.31. The third-order valence-corrected chi connectivity index (χ3v) is 4.65. The summed E-state index contributed by atoms with van der Waals surface area (Å²) in [6.07, 6.45) is 11.5. The van der Waals surface area contributed by atoms with Crippen molar-refractivity contribution in [1.82, 2.24) is 15.5 Å². The van der Waals surface area contributed by atoms with Crippen LogP contribution in [0.2, 0.25) is 0 Å². The molecule has 0 aromatic rings. The van der Waals surface area contributed by atoms with Gasteiger partial charge in [-0.2, -0.15) is 0 Å². The van der Waals surface area contributed by atoms with E-state index in [9.17, 15) is 4.79 Å². The molecule has 5 heteroatoms. The summed E-state index contributed by atoms with van der Waals surface area (Å²) < 4.78 is 0. The minimum absolute atomic E-state index is 0.0299. The summed E-state index contributed by atoms with van der Waals surface area (Å²) in [5.41, 5.74) is 0. The van der Waals surface area contributed by atoms with E-state index in [1.54, 1.807) is 19.0 Å². The van der Waals surface area contributed by atoms with Gasteiger partial charge in [-0.25, -0.2) is 4.99 Å². The van der Waals surface area contributed by atoms with Crippen LogP contribution in [0.4, 0.5) is 0 Å². The molecule has 2 unspecified atom stereocenters. The Morgan fingerprint density at radius 1 is 1.18 bits per heavy atom. The fourth-order valence-corrected chi connectivity index (χ4v) is 3.06. The summed E-state index contributed by atoms with van der Waals surface area (Å²) in [6.45, 7) is 2.50. The molecule has 0 bridgehead atoms. The van der Waals surface area contributed by atoms with E-state index in [-0.39, 0.29) is 12.5 Å². The van der Waals surface area contributed by atoms with Gasteiger partial charge in [0.15, 0.2) is 5.96 Å². The molecule has 1 saturated carbocycles. The van der Waals surface area contributed by atoms with Crippen LogP contribution >= 0.6 is 0 Å². The number of hydrogen-bond donors (Lipinski definition) is 2. The van der Waals surface area contributed by atoms with Crippen molar-refractivity contribution >= 4 is 11.9 Å². The Morgan fingerprint density at radius 3 is 2.50 bits per heavy atom. The molecule has 2 aliphatic carbocycles. The number of amides is 1. The normalized spacial score (nSPS) is 26.0. The highest BCUT2D eigenvalue weighted by Crippen LogP contribution is 2.23. The zero-order valence-electron chi connectivity index (χ0n) is 14.1. The number of likely N-dealkylation sites (N-methyl/N-ethyl adjacent to an activating group) is 1. The van der Waals surface area contributed by atoms with Crippen LogP contribution in [0.5, 0.6) is 0 Å². The van der Waals surface area contributed by atoms with Crippen LogP contribution in [0.25, 0.3) is 0 Å². The average molecular weight is 306 g/mol. The molecule has 0 aliphatic heterocycles. The van der Waals surface area contributed by atoms with Crippen molar-refractivity contribution in [2.24, 2.45) is 10.9 Å². The standard InChI is InChI=1S/C17H30N4O/c1-13-8-4-7-11-15(13)20-17(18-12-16(22)21(2)3)19-14-9-5-6-10-14/h5-6,13-15H,4,7-12H2,1-3H3,(H2,18,19,20). The molecular formula is C17H30N4O. The fourth-order valence-electron chi connectivity index (χ4n) is 3.06. The van der Waals surface area contributed by atoms with Crippen molar-refractivity contribution in [3.8, 4) is 0 Å². The van der Waals surface area contributed by atoms with E-state index in [4.69, 9.17) is 0 Å². The van der Waals surface area contributed by atoms with Crippen LogP contribution in [0.15, 0.2) is 17.1 Å². The first kappa shape index (κ1) is 16.8. The van der Waals surface area contributed by atoms with Gasteiger partial charge >= 0.3 is 0 Å². The summed E-state index contributed by atoms with van der Waals surface area (Å²) in [5.74, 6) is 1.48. The van der Waals surface area contributed by atoms with Gasteiger partial charge in [-0.3, -0.25) is 4.79 Å². The largest absolute Gasteiger partial charge is 0.353 e. The van der Waals surface area contributed by atoms with Crippen molar-refractivity contribution in [3.05, 3.63) is 12.2 Å². The summed E-state index contributed by atoms with van der Waals surface area (Å²) in [4.78, 5) is 17.9. The summed E-state index contributed by atoms with van der Waals surface area (Å²) in [6, 6.07) is 0.864. The lowest BCUT2D eigenvalue weighted by molar-refractivity contribution is -0.127. The van der Waals surface area contributed by atoms with Crippen LogP contribution < -0.4 is 10.6 Å². The first-order chi connectivity index (χ1) is 10.6. The molecular weight excluding hydrogens is 276 g/mol. The van der Waals surface area contributed by atoms with E-state index < -0.39 is 0 Å². The predicted octanol–water partition coefficient (Wildman–Crippen LogP) is 1.91. The highest BCUT2D eigenvalue weighted by atomic mass is 16.2. The molecule has 2 aliphatic rings. The molecule has 0 spiro atoms. The van der Waals surface area contributed by atoms with Crippen molar-refractivity contribution in [3.63, 3.8) is 0 Å². The molecule has 0 saturated heterocycles. The van der Waals surface area contributed by atoms with Gasteiger partial charge in [-0.1, -0.05) is 31.9 Å². The van der Waals surface area contributed by atoms with Gasteiger partial charge < -0.3 is 15.5 Å². The molecule has 124 valence electrons. The van der Waals surface area contributed by atoms with Gasteiger partial charge in [0, 0.05) is 26.2 Å². The quantitative estimate of drug-likeness (QED) is 0.474. The lowest BCUT2D eigenvalue weighted by atomic mass is 9.86. The Kier molecular flexibility index (Phi) is 6.28. The zero-order valence-corrected chi connectivity index (χ0v) is 14.1. The third kappa shape index (κ3) is 5.04. The van der Waals surface area contributed by atoms with Crippen molar-refractivity contribution in [2.45, 2.75) is 57.5 Å². The van der Waals surface area contributed by atoms with Gasteiger partial charge in [-0.05, 0) is 31.6 Å². The molecule has 2 atom stereocenters. The Hall–Kier alpha value is -1.52. The number of guanidine groups is 1. The molecule has 22 heavy (non-hydrogen) atoms. The van der Waals surface area contributed by atoms with Gasteiger partial charge in [0.05, 0.1) is 0 Å². The maximum absolute atomic E-state index is 11.8. The van der Waals surface area contributed by atoms with E-state index in [0.29, 0.717) is 18.0 Å². The van der Waals surface area contributed by atoms with Crippen molar-refractivity contribution < 1.29 is 4.79 Å². The highest BCUT2D eigenvalue weighted by Gasteiger charge is 2.23. The smallest absolute Gasteiger partial charge is 0.243 e. The van der Waals surface area contributed by atoms with Crippen molar-refractivity contribution in [1.29, 1.82) is 0 Å². The van der Waals surface area contributed by atoms with E-state index in [1.807, 2.05) is 0 Å². The van der Waals surface area contributed by atoms with Gasteiger partial charge in [-0.15, -0.1) is 0 Å². The number of nitrogens with zero attached hydrogens (tertiary/aromatic N) is 2. The predicted molar refractivity (Wildman–Crippen MR) is 90.8 cm³/mol. The Bertz CT molecular complexity index is 422. The Labute approximate surface area is 134 Å². The second-order valence-electron chi connectivity index (χ2n) is 6.75. The van der Waals surface area contributed by atoms with Crippen LogP contribution in [0.1, 0.15) is 45.4 Å². The van der Waals surface area contributed by atoms with Gasteiger partial charge in [0.2, 0.25) is 5.91 Å². The summed E-state index contributed by atoms with van der Waals surface area (Å²) in [7, 11) is 3.53. The third-order valence-electron chi connectivity index (χ3n) is 4.65. The number of carbonyl (C=O) groups excluding carboxylic acids is 1. The first-order valence-electron chi connectivity index (χ1n) is 8.49. The topological polar surface area (TPSA) is 56.7 Å². The SMILES string of the molecule is CC1CCCCC1NC(=NCC(=O)N(C)C)NC1CC=CC1. The van der Waals surface area contributed by atoms with E-state index in [2.05, 4.69) is 34.7 Å². The zero-order chi connectivity index (χ0) is 15.9. The minimum atomic E-state index is 0.0299. The molecule has 0 radical (unpaired) electrons. The summed E-state index contributed by atoms with van der Waals surface area (Å²) >= 11 is 0. The molecule has 0 heterocycles. The minimum Gasteiger partial charge on any atom is -0.353 e. The van der Waals surface area contributed by atoms with Crippen LogP contribution in [0, 0.1) is 5.92 Å². The van der Waals surface area contributed by atoms with Gasteiger partial charge in [0.1, 0.15) is 6.54 Å². The number of hydrogen-bond acceptors (Lipinski definition) is 2. The highest BCUT2D eigenvalue weighted by molar-refractivity contribution is 5.85. The second-order valence-corrected chi connectivity index (χ2v) is 6.75. The molecule has 5 nitrogen and oxygen atoms in total. The maximum atomic E-state index is 11.8. The Balaban J connectivity index is 1.96. The van der Waals surface area contributed by atoms with Crippen LogP contribution in [-0.2, 0) is 4.79 Å². The monoisotopic (exact) mass is 306 g/mol. The van der Waals surface area contributed by atoms with Crippen LogP contribution in [-0.4, -0.2) is 49.5 Å². The number of carbonyl (C=O) groups is 1. The summed E-state index contributed by atoms with van der Waals surface area (Å²) in [5, 5.41) is 7.05. The molecule has 0 aromatic heterocycles. The van der Waals surface area contributed by atoms with Crippen molar-refractivity contribution in [2.75, 3.05) is 20.6 Å². The average Bonchev–Trinajstić information content (AvgIpc) is 2.99. The number of rotatable bonds is 4. The fraction of sp³-hybridized carbons (Fsp3) is 0.765. The van der Waals surface area contributed by atoms with Gasteiger partial charge in [0.25, 0.3) is 0 Å². The molecule has 2 N–H and O–H groups in total. The molecule has 1 fully saturated rings.